The summed E-state index contributed by atoms with van der Waals surface area (Å²) in [7, 11) is 1.87. The molecule has 21 heavy (non-hydrogen) atoms. The van der Waals surface area contributed by atoms with Gasteiger partial charge in [0.1, 0.15) is 5.52 Å². The van der Waals surface area contributed by atoms with Crippen LogP contribution in [0, 0.1) is 0 Å². The van der Waals surface area contributed by atoms with Gasteiger partial charge in [-0.3, -0.25) is 14.5 Å². The Hall–Kier alpha value is -1.91. The van der Waals surface area contributed by atoms with E-state index in [4.69, 9.17) is 0 Å². The first-order valence-electron chi connectivity index (χ1n) is 7.79. The predicted octanol–water partition coefficient (Wildman–Crippen LogP) is 2.76. The van der Waals surface area contributed by atoms with E-state index in [-0.39, 0.29) is 5.91 Å². The lowest BCUT2D eigenvalue weighted by molar-refractivity contribution is 0.0647. The molecule has 3 rings (SSSR count). The van der Waals surface area contributed by atoms with Gasteiger partial charge in [0, 0.05) is 25.8 Å². The van der Waals surface area contributed by atoms with Crippen LogP contribution in [0.2, 0.25) is 0 Å². The van der Waals surface area contributed by atoms with Crippen molar-refractivity contribution < 1.29 is 4.79 Å². The molecule has 2 aromatic heterocycles. The highest BCUT2D eigenvalue weighted by Gasteiger charge is 2.25. The van der Waals surface area contributed by atoms with Crippen molar-refractivity contribution in [1.82, 2.24) is 19.7 Å². The molecule has 1 aliphatic carbocycles. The Morgan fingerprint density at radius 2 is 2.10 bits per heavy atom. The van der Waals surface area contributed by atoms with E-state index in [0.717, 1.165) is 30.4 Å². The van der Waals surface area contributed by atoms with Crippen LogP contribution in [0.3, 0.4) is 0 Å². The number of aryl methyl sites for hydroxylation is 1. The highest BCUT2D eigenvalue weighted by Crippen LogP contribution is 2.24. The molecule has 1 fully saturated rings. The Morgan fingerprint density at radius 1 is 1.33 bits per heavy atom. The molecule has 0 spiro atoms. The summed E-state index contributed by atoms with van der Waals surface area (Å²) in [4.78, 5) is 19.2. The summed E-state index contributed by atoms with van der Waals surface area (Å²) in [5.41, 5.74) is 2.40. The van der Waals surface area contributed by atoms with E-state index in [1.54, 1.807) is 17.1 Å². The zero-order valence-electron chi connectivity index (χ0n) is 12.7. The van der Waals surface area contributed by atoms with Crippen molar-refractivity contribution >= 4 is 16.9 Å². The van der Waals surface area contributed by atoms with E-state index in [1.165, 1.54) is 19.3 Å². The number of pyridine rings is 1. The van der Waals surface area contributed by atoms with Crippen molar-refractivity contribution in [2.24, 2.45) is 7.05 Å². The van der Waals surface area contributed by atoms with E-state index in [9.17, 15) is 4.79 Å². The lowest BCUT2D eigenvalue weighted by atomic mass is 9.94. The van der Waals surface area contributed by atoms with Gasteiger partial charge in [-0.1, -0.05) is 19.3 Å². The average Bonchev–Trinajstić information content (AvgIpc) is 2.90. The molecule has 2 heterocycles. The monoisotopic (exact) mass is 286 g/mol. The molecular weight excluding hydrogens is 264 g/mol. The number of hydrogen-bond acceptors (Lipinski definition) is 3. The highest BCUT2D eigenvalue weighted by molar-refractivity contribution is 5.96. The van der Waals surface area contributed by atoms with Gasteiger partial charge < -0.3 is 4.90 Å². The van der Waals surface area contributed by atoms with E-state index in [1.807, 2.05) is 18.0 Å². The molecule has 1 amide bonds. The largest absolute Gasteiger partial charge is 0.336 e. The van der Waals surface area contributed by atoms with Crippen LogP contribution in [0.25, 0.3) is 11.0 Å². The minimum atomic E-state index is 0.0972. The van der Waals surface area contributed by atoms with Gasteiger partial charge in [-0.05, 0) is 25.8 Å². The third-order valence-electron chi connectivity index (χ3n) is 4.46. The summed E-state index contributed by atoms with van der Waals surface area (Å²) in [5.74, 6) is 0.0972. The summed E-state index contributed by atoms with van der Waals surface area (Å²) in [6.07, 6.45) is 9.41. The minimum absolute atomic E-state index is 0.0972. The smallest absolute Gasteiger partial charge is 0.255 e. The van der Waals surface area contributed by atoms with E-state index in [2.05, 4.69) is 17.0 Å². The van der Waals surface area contributed by atoms with Crippen LogP contribution in [0.4, 0.5) is 0 Å². The summed E-state index contributed by atoms with van der Waals surface area (Å²) >= 11 is 0. The molecule has 0 N–H and O–H groups in total. The molecule has 5 nitrogen and oxygen atoms in total. The van der Waals surface area contributed by atoms with Crippen LogP contribution < -0.4 is 0 Å². The van der Waals surface area contributed by atoms with Gasteiger partial charge >= 0.3 is 0 Å². The average molecular weight is 286 g/mol. The molecule has 112 valence electrons. The van der Waals surface area contributed by atoms with Gasteiger partial charge in [-0.25, -0.2) is 0 Å². The quantitative estimate of drug-likeness (QED) is 0.871. The van der Waals surface area contributed by atoms with Crippen molar-refractivity contribution in [3.05, 3.63) is 24.0 Å². The van der Waals surface area contributed by atoms with Gasteiger partial charge in [0.15, 0.2) is 0 Å². The van der Waals surface area contributed by atoms with Crippen LogP contribution >= 0.6 is 0 Å². The van der Waals surface area contributed by atoms with Crippen molar-refractivity contribution in [2.45, 2.75) is 45.1 Å². The first-order valence-corrected chi connectivity index (χ1v) is 7.79. The number of carbonyl (C=O) groups excluding carboxylic acids is 1. The van der Waals surface area contributed by atoms with Crippen LogP contribution in [-0.2, 0) is 7.05 Å². The van der Waals surface area contributed by atoms with Crippen LogP contribution in [0.5, 0.6) is 0 Å². The summed E-state index contributed by atoms with van der Waals surface area (Å²) < 4.78 is 1.76. The molecule has 0 unspecified atom stereocenters. The molecule has 0 atom stereocenters. The Bertz CT molecular complexity index is 643. The first kappa shape index (κ1) is 14.0. The second-order valence-electron chi connectivity index (χ2n) is 5.78. The van der Waals surface area contributed by atoms with E-state index >= 15 is 0 Å². The Labute approximate surface area is 125 Å². The molecule has 1 saturated carbocycles. The standard InChI is InChI=1S/C16H22N4O/c1-3-20(13-7-5-4-6-8-13)16(21)12-9-15-14(17-10-12)11-18-19(15)2/h9-11,13H,3-8H2,1-2H3. The zero-order valence-corrected chi connectivity index (χ0v) is 12.7. The maximum absolute atomic E-state index is 12.8. The molecule has 0 aliphatic heterocycles. The molecule has 0 bridgehead atoms. The number of nitrogens with zero attached hydrogens (tertiary/aromatic N) is 4. The molecular formula is C16H22N4O. The Kier molecular flexibility index (Phi) is 3.90. The zero-order chi connectivity index (χ0) is 14.8. The maximum atomic E-state index is 12.8. The molecule has 0 aromatic carbocycles. The van der Waals surface area contributed by atoms with Crippen molar-refractivity contribution in [3.63, 3.8) is 0 Å². The molecule has 0 saturated heterocycles. The van der Waals surface area contributed by atoms with Gasteiger partial charge in [0.25, 0.3) is 5.91 Å². The van der Waals surface area contributed by atoms with Crippen LogP contribution in [0.15, 0.2) is 18.5 Å². The molecule has 2 aromatic rings. The predicted molar refractivity (Wildman–Crippen MR) is 82.1 cm³/mol. The van der Waals surface area contributed by atoms with Crippen LogP contribution in [-0.4, -0.2) is 38.2 Å². The van der Waals surface area contributed by atoms with Crippen molar-refractivity contribution in [1.29, 1.82) is 0 Å². The fourth-order valence-corrected chi connectivity index (χ4v) is 3.27. The number of fused-ring (bicyclic) bond motifs is 1. The lowest BCUT2D eigenvalue weighted by Crippen LogP contribution is -2.41. The third kappa shape index (κ3) is 2.64. The molecule has 5 heteroatoms. The highest BCUT2D eigenvalue weighted by atomic mass is 16.2. The molecule has 1 aliphatic rings. The topological polar surface area (TPSA) is 51.0 Å². The van der Waals surface area contributed by atoms with Crippen LogP contribution in [0.1, 0.15) is 49.4 Å². The normalized spacial score (nSPS) is 16.3. The number of carbonyl (C=O) groups is 1. The fourth-order valence-electron chi connectivity index (χ4n) is 3.27. The summed E-state index contributed by atoms with van der Waals surface area (Å²) in [6, 6.07) is 2.29. The number of amides is 1. The van der Waals surface area contributed by atoms with E-state index < -0.39 is 0 Å². The number of aromatic nitrogens is 3. The summed E-state index contributed by atoms with van der Waals surface area (Å²) in [6.45, 7) is 2.81. The number of hydrogen-bond donors (Lipinski definition) is 0. The number of rotatable bonds is 3. The maximum Gasteiger partial charge on any atom is 0.255 e. The van der Waals surface area contributed by atoms with Crippen molar-refractivity contribution in [3.8, 4) is 0 Å². The summed E-state index contributed by atoms with van der Waals surface area (Å²) in [5, 5.41) is 4.18. The van der Waals surface area contributed by atoms with Crippen molar-refractivity contribution in [2.75, 3.05) is 6.54 Å². The Morgan fingerprint density at radius 3 is 2.81 bits per heavy atom. The fraction of sp³-hybridized carbons (Fsp3) is 0.562. The second kappa shape index (κ2) is 5.84. The lowest BCUT2D eigenvalue weighted by Gasteiger charge is -2.33. The second-order valence-corrected chi connectivity index (χ2v) is 5.78. The minimum Gasteiger partial charge on any atom is -0.336 e. The third-order valence-corrected chi connectivity index (χ3v) is 4.46. The van der Waals surface area contributed by atoms with Gasteiger partial charge in [0.2, 0.25) is 0 Å². The van der Waals surface area contributed by atoms with E-state index in [0.29, 0.717) is 11.6 Å². The first-order chi connectivity index (χ1) is 10.2. The Balaban J connectivity index is 1.88. The SMILES string of the molecule is CCN(C(=O)c1cnc2cnn(C)c2c1)C1CCCCC1. The van der Waals surface area contributed by atoms with Gasteiger partial charge in [-0.15, -0.1) is 0 Å². The van der Waals surface area contributed by atoms with Gasteiger partial charge in [-0.2, -0.15) is 5.10 Å². The van der Waals surface area contributed by atoms with Gasteiger partial charge in [0.05, 0.1) is 17.3 Å². The molecule has 0 radical (unpaired) electrons.